The van der Waals surface area contributed by atoms with Gasteiger partial charge in [0.2, 0.25) is 5.91 Å². The summed E-state index contributed by atoms with van der Waals surface area (Å²) in [6.07, 6.45) is 7.12. The zero-order chi connectivity index (χ0) is 19.7. The van der Waals surface area contributed by atoms with Gasteiger partial charge < -0.3 is 5.32 Å². The molecule has 28 heavy (non-hydrogen) atoms. The van der Waals surface area contributed by atoms with Crippen LogP contribution in [0, 0.1) is 12.8 Å². The maximum atomic E-state index is 12.7. The summed E-state index contributed by atoms with van der Waals surface area (Å²) < 4.78 is 1.35. The van der Waals surface area contributed by atoms with E-state index in [4.69, 9.17) is 0 Å². The standard InChI is InChI=1S/C21H24N4O2S/c1-3-5-14-8-9-16-17(10-14)28-21(23-16)24-18(26)11-25-12-22-19-13(2)6-4-7-15(19)20(25)27/h4,6-7,12,14H,3,5,8-11H2,1-2H3,(H,23,24,26). The maximum Gasteiger partial charge on any atom is 0.261 e. The molecule has 2 aromatic heterocycles. The predicted molar refractivity (Wildman–Crippen MR) is 112 cm³/mol. The molecular weight excluding hydrogens is 372 g/mol. The third kappa shape index (κ3) is 3.71. The highest BCUT2D eigenvalue weighted by Crippen LogP contribution is 2.34. The number of benzene rings is 1. The fourth-order valence-electron chi connectivity index (χ4n) is 3.91. The zero-order valence-electron chi connectivity index (χ0n) is 16.2. The van der Waals surface area contributed by atoms with E-state index in [0.717, 1.165) is 30.0 Å². The lowest BCUT2D eigenvalue weighted by Crippen LogP contribution is -2.28. The van der Waals surface area contributed by atoms with Crippen molar-refractivity contribution in [1.82, 2.24) is 14.5 Å². The molecule has 1 aromatic carbocycles. The van der Waals surface area contributed by atoms with Crippen LogP contribution in [0.1, 0.15) is 42.3 Å². The van der Waals surface area contributed by atoms with E-state index in [2.05, 4.69) is 22.2 Å². The molecule has 0 fully saturated rings. The van der Waals surface area contributed by atoms with E-state index >= 15 is 0 Å². The van der Waals surface area contributed by atoms with Crippen molar-refractivity contribution in [3.63, 3.8) is 0 Å². The van der Waals surface area contributed by atoms with E-state index in [1.54, 1.807) is 17.4 Å². The summed E-state index contributed by atoms with van der Waals surface area (Å²) in [4.78, 5) is 35.4. The normalized spacial score (nSPS) is 16.1. The molecule has 1 atom stereocenters. The van der Waals surface area contributed by atoms with Crippen molar-refractivity contribution in [3.05, 3.63) is 51.0 Å². The summed E-state index contributed by atoms with van der Waals surface area (Å²) in [7, 11) is 0. The Balaban J connectivity index is 1.48. The number of nitrogens with one attached hydrogen (secondary N) is 1. The molecule has 1 unspecified atom stereocenters. The molecule has 1 aliphatic carbocycles. The van der Waals surface area contributed by atoms with Crippen LogP contribution in [0.25, 0.3) is 10.9 Å². The maximum absolute atomic E-state index is 12.7. The molecule has 1 aliphatic rings. The van der Waals surface area contributed by atoms with Crippen LogP contribution in [0.5, 0.6) is 0 Å². The van der Waals surface area contributed by atoms with Gasteiger partial charge in [-0.05, 0) is 43.7 Å². The van der Waals surface area contributed by atoms with Gasteiger partial charge in [-0.3, -0.25) is 14.2 Å². The lowest BCUT2D eigenvalue weighted by atomic mass is 9.88. The molecule has 1 N–H and O–H groups in total. The summed E-state index contributed by atoms with van der Waals surface area (Å²) in [6.45, 7) is 4.07. The highest BCUT2D eigenvalue weighted by atomic mass is 32.1. The number of para-hydroxylation sites is 1. The number of hydrogen-bond donors (Lipinski definition) is 1. The smallest absolute Gasteiger partial charge is 0.261 e. The van der Waals surface area contributed by atoms with Gasteiger partial charge in [-0.25, -0.2) is 9.97 Å². The number of rotatable bonds is 5. The van der Waals surface area contributed by atoms with Crippen molar-refractivity contribution in [1.29, 1.82) is 0 Å². The van der Waals surface area contributed by atoms with Crippen molar-refractivity contribution >= 4 is 33.3 Å². The molecule has 3 aromatic rings. The minimum absolute atomic E-state index is 0.0710. The second-order valence-corrected chi connectivity index (χ2v) is 8.57. The first-order valence-electron chi connectivity index (χ1n) is 9.78. The highest BCUT2D eigenvalue weighted by molar-refractivity contribution is 7.15. The monoisotopic (exact) mass is 396 g/mol. The lowest BCUT2D eigenvalue weighted by Gasteiger charge is -2.19. The van der Waals surface area contributed by atoms with Crippen molar-refractivity contribution < 1.29 is 4.79 Å². The second kappa shape index (κ2) is 7.83. The number of hydrogen-bond acceptors (Lipinski definition) is 5. The summed E-state index contributed by atoms with van der Waals surface area (Å²) in [6, 6.07) is 5.49. The first-order valence-corrected chi connectivity index (χ1v) is 10.6. The van der Waals surface area contributed by atoms with Crippen molar-refractivity contribution in [2.24, 2.45) is 5.92 Å². The average molecular weight is 397 g/mol. The quantitative estimate of drug-likeness (QED) is 0.713. The van der Waals surface area contributed by atoms with Gasteiger partial charge in [-0.15, -0.1) is 11.3 Å². The SMILES string of the molecule is CCCC1CCc2nc(NC(=O)Cn3cnc4c(C)cccc4c3=O)sc2C1. The number of carbonyl (C=O) groups is 1. The number of amides is 1. The number of nitrogens with zero attached hydrogens (tertiary/aromatic N) is 3. The summed E-state index contributed by atoms with van der Waals surface area (Å²) in [5.41, 5.74) is 2.54. The van der Waals surface area contributed by atoms with Gasteiger partial charge in [0, 0.05) is 4.88 Å². The Labute approximate surface area is 167 Å². The average Bonchev–Trinajstić information content (AvgIpc) is 3.06. The molecule has 2 heterocycles. The molecular formula is C21H24N4O2S. The first-order chi connectivity index (χ1) is 13.5. The number of carbonyl (C=O) groups excluding carboxylic acids is 1. The Kier molecular flexibility index (Phi) is 5.26. The molecule has 0 aliphatic heterocycles. The van der Waals surface area contributed by atoms with E-state index in [1.165, 1.54) is 35.0 Å². The third-order valence-electron chi connectivity index (χ3n) is 5.35. The fraction of sp³-hybridized carbons (Fsp3) is 0.429. The number of fused-ring (bicyclic) bond motifs is 2. The number of thiazole rings is 1. The molecule has 0 spiro atoms. The Hall–Kier alpha value is -2.54. The molecule has 0 radical (unpaired) electrons. The summed E-state index contributed by atoms with van der Waals surface area (Å²) >= 11 is 1.57. The first kappa shape index (κ1) is 18.8. The fourth-order valence-corrected chi connectivity index (χ4v) is 5.05. The third-order valence-corrected chi connectivity index (χ3v) is 6.39. The molecule has 0 bridgehead atoms. The van der Waals surface area contributed by atoms with Crippen LogP contribution in [0.2, 0.25) is 0 Å². The predicted octanol–water partition coefficient (Wildman–Crippen LogP) is 3.71. The Morgan fingerprint density at radius 3 is 3.07 bits per heavy atom. The van der Waals surface area contributed by atoms with Crippen LogP contribution < -0.4 is 10.9 Å². The van der Waals surface area contributed by atoms with Crippen LogP contribution in [-0.4, -0.2) is 20.4 Å². The number of aryl methyl sites for hydroxylation is 2. The van der Waals surface area contributed by atoms with Gasteiger partial charge in [0.1, 0.15) is 6.54 Å². The van der Waals surface area contributed by atoms with Gasteiger partial charge in [-0.1, -0.05) is 31.9 Å². The van der Waals surface area contributed by atoms with Crippen molar-refractivity contribution in [2.45, 2.75) is 52.5 Å². The van der Waals surface area contributed by atoms with E-state index < -0.39 is 0 Å². The molecule has 4 rings (SSSR count). The van der Waals surface area contributed by atoms with Crippen LogP contribution in [-0.2, 0) is 24.2 Å². The summed E-state index contributed by atoms with van der Waals surface area (Å²) in [5.74, 6) is 0.472. The van der Waals surface area contributed by atoms with E-state index in [-0.39, 0.29) is 18.0 Å². The number of aromatic nitrogens is 3. The van der Waals surface area contributed by atoms with Crippen molar-refractivity contribution in [2.75, 3.05) is 5.32 Å². The van der Waals surface area contributed by atoms with Gasteiger partial charge in [0.05, 0.1) is 22.9 Å². The topological polar surface area (TPSA) is 76.9 Å². The molecule has 1 amide bonds. The van der Waals surface area contributed by atoms with E-state index in [9.17, 15) is 9.59 Å². The minimum atomic E-state index is -0.257. The minimum Gasteiger partial charge on any atom is -0.300 e. The largest absolute Gasteiger partial charge is 0.300 e. The Bertz CT molecular complexity index is 1090. The van der Waals surface area contributed by atoms with E-state index in [1.807, 2.05) is 19.1 Å². The van der Waals surface area contributed by atoms with Gasteiger partial charge >= 0.3 is 0 Å². The van der Waals surface area contributed by atoms with Crippen molar-refractivity contribution in [3.8, 4) is 0 Å². The van der Waals surface area contributed by atoms with Gasteiger partial charge in [-0.2, -0.15) is 0 Å². The van der Waals surface area contributed by atoms with Crippen LogP contribution in [0.15, 0.2) is 29.3 Å². The van der Waals surface area contributed by atoms with Crippen LogP contribution >= 0.6 is 11.3 Å². The van der Waals surface area contributed by atoms with Crippen LogP contribution in [0.3, 0.4) is 0 Å². The molecule has 0 saturated carbocycles. The zero-order valence-corrected chi connectivity index (χ0v) is 17.0. The van der Waals surface area contributed by atoms with Crippen LogP contribution in [0.4, 0.5) is 5.13 Å². The highest BCUT2D eigenvalue weighted by Gasteiger charge is 2.22. The Morgan fingerprint density at radius 1 is 1.39 bits per heavy atom. The Morgan fingerprint density at radius 2 is 2.25 bits per heavy atom. The molecule has 6 nitrogen and oxygen atoms in total. The lowest BCUT2D eigenvalue weighted by molar-refractivity contribution is -0.116. The van der Waals surface area contributed by atoms with E-state index in [0.29, 0.717) is 16.0 Å². The molecule has 7 heteroatoms. The second-order valence-electron chi connectivity index (χ2n) is 7.48. The number of anilines is 1. The molecule has 146 valence electrons. The summed E-state index contributed by atoms with van der Waals surface area (Å²) in [5, 5.41) is 4.02. The van der Waals surface area contributed by atoms with Gasteiger partial charge in [0.15, 0.2) is 5.13 Å². The molecule has 0 saturated heterocycles. The van der Waals surface area contributed by atoms with Gasteiger partial charge in [0.25, 0.3) is 5.56 Å².